The first-order valence-corrected chi connectivity index (χ1v) is 9.40. The summed E-state index contributed by atoms with van der Waals surface area (Å²) >= 11 is 0. The Morgan fingerprint density at radius 1 is 1.18 bits per heavy atom. The molecule has 1 fully saturated rings. The van der Waals surface area contributed by atoms with E-state index in [1.807, 2.05) is 0 Å². The summed E-state index contributed by atoms with van der Waals surface area (Å²) < 4.78 is 10.4. The van der Waals surface area contributed by atoms with Crippen molar-refractivity contribution in [3.05, 3.63) is 53.9 Å². The van der Waals surface area contributed by atoms with Gasteiger partial charge in [-0.1, -0.05) is 0 Å². The fourth-order valence-electron chi connectivity index (χ4n) is 3.10. The second-order valence-electron chi connectivity index (χ2n) is 6.58. The maximum atomic E-state index is 12.7. The minimum absolute atomic E-state index is 0.000639. The third-order valence-electron chi connectivity index (χ3n) is 4.70. The molecule has 7 nitrogen and oxygen atoms in total. The number of ketones is 1. The predicted octanol–water partition coefficient (Wildman–Crippen LogP) is 2.64. The van der Waals surface area contributed by atoms with Crippen molar-refractivity contribution in [3.63, 3.8) is 0 Å². The van der Waals surface area contributed by atoms with Crippen molar-refractivity contribution in [1.82, 2.24) is 9.88 Å². The molecule has 1 aromatic heterocycles. The highest BCUT2D eigenvalue weighted by Crippen LogP contribution is 2.19. The average molecular weight is 383 g/mol. The Kier molecular flexibility index (Phi) is 7.11. The van der Waals surface area contributed by atoms with Crippen LogP contribution >= 0.6 is 0 Å². The molecule has 1 aromatic carbocycles. The molecular weight excluding hydrogens is 358 g/mol. The number of morpholine rings is 1. The summed E-state index contributed by atoms with van der Waals surface area (Å²) in [5.74, 6) is 0.382. The molecule has 0 saturated carbocycles. The number of rotatable bonds is 8. The lowest BCUT2D eigenvalue weighted by atomic mass is 10.1. The van der Waals surface area contributed by atoms with Gasteiger partial charge in [-0.15, -0.1) is 0 Å². The van der Waals surface area contributed by atoms with Crippen LogP contribution in [-0.4, -0.2) is 61.5 Å². The van der Waals surface area contributed by atoms with Crippen LogP contribution in [0.1, 0.15) is 33.6 Å². The zero-order valence-corrected chi connectivity index (χ0v) is 16.0. The Hall–Kier alpha value is -2.77. The van der Waals surface area contributed by atoms with Gasteiger partial charge in [0.1, 0.15) is 5.75 Å². The normalized spacial score (nSPS) is 14.5. The number of benzene rings is 1. The van der Waals surface area contributed by atoms with E-state index in [1.165, 1.54) is 6.20 Å². The second-order valence-corrected chi connectivity index (χ2v) is 6.58. The van der Waals surface area contributed by atoms with E-state index in [4.69, 9.17) is 9.47 Å². The molecule has 1 aliphatic rings. The van der Waals surface area contributed by atoms with Gasteiger partial charge in [0.15, 0.2) is 5.78 Å². The summed E-state index contributed by atoms with van der Waals surface area (Å²) in [6, 6.07) is 8.44. The van der Waals surface area contributed by atoms with Crippen LogP contribution in [0.25, 0.3) is 0 Å². The van der Waals surface area contributed by atoms with Crippen LogP contribution in [0.3, 0.4) is 0 Å². The zero-order valence-electron chi connectivity index (χ0n) is 16.0. The molecule has 1 aliphatic heterocycles. The highest BCUT2D eigenvalue weighted by molar-refractivity contribution is 6.09. The Bertz CT molecular complexity index is 802. The van der Waals surface area contributed by atoms with Crippen molar-refractivity contribution in [2.45, 2.75) is 12.8 Å². The first-order valence-electron chi connectivity index (χ1n) is 9.40. The second kappa shape index (κ2) is 9.96. The molecule has 2 aromatic rings. The Morgan fingerprint density at radius 2 is 1.93 bits per heavy atom. The predicted molar refractivity (Wildman–Crippen MR) is 106 cm³/mol. The Labute approximate surface area is 164 Å². The third-order valence-corrected chi connectivity index (χ3v) is 4.70. The van der Waals surface area contributed by atoms with E-state index in [1.54, 1.807) is 43.6 Å². The molecule has 0 unspecified atom stereocenters. The molecule has 1 N–H and O–H groups in total. The lowest BCUT2D eigenvalue weighted by Crippen LogP contribution is -2.36. The van der Waals surface area contributed by atoms with Gasteiger partial charge in [-0.05, 0) is 43.3 Å². The highest BCUT2D eigenvalue weighted by atomic mass is 16.5. The van der Waals surface area contributed by atoms with Gasteiger partial charge in [-0.3, -0.25) is 19.5 Å². The number of methoxy groups -OCH3 is 1. The van der Waals surface area contributed by atoms with Crippen LogP contribution in [0.4, 0.5) is 5.69 Å². The Morgan fingerprint density at radius 3 is 2.64 bits per heavy atom. The first kappa shape index (κ1) is 20.0. The number of nitrogens with one attached hydrogen (secondary N) is 1. The number of amides is 1. The molecule has 148 valence electrons. The van der Waals surface area contributed by atoms with Crippen LogP contribution in [0.15, 0.2) is 42.7 Å². The van der Waals surface area contributed by atoms with E-state index >= 15 is 0 Å². The van der Waals surface area contributed by atoms with Crippen molar-refractivity contribution in [1.29, 1.82) is 0 Å². The van der Waals surface area contributed by atoms with Crippen molar-refractivity contribution < 1.29 is 19.1 Å². The first-order chi connectivity index (χ1) is 13.7. The minimum atomic E-state index is -0.294. The standard InChI is InChI=1S/C21H25N3O4/c1-27-17-6-4-16(5-7-17)21(26)23-19-15-22-9-8-18(19)20(25)3-2-10-24-11-13-28-14-12-24/h4-9,15H,2-3,10-14H2,1H3,(H,23,26). The van der Waals surface area contributed by atoms with Gasteiger partial charge in [-0.25, -0.2) is 0 Å². The number of nitrogens with zero attached hydrogens (tertiary/aromatic N) is 2. The lowest BCUT2D eigenvalue weighted by molar-refractivity contribution is 0.0371. The van der Waals surface area contributed by atoms with Gasteiger partial charge in [0.2, 0.25) is 0 Å². The molecule has 0 radical (unpaired) electrons. The Balaban J connectivity index is 1.59. The summed E-state index contributed by atoms with van der Waals surface area (Å²) in [5, 5.41) is 2.79. The molecule has 7 heteroatoms. The molecule has 0 atom stereocenters. The van der Waals surface area contributed by atoms with Crippen LogP contribution in [0.5, 0.6) is 5.75 Å². The van der Waals surface area contributed by atoms with Gasteiger partial charge in [0.05, 0.1) is 32.2 Å². The van der Waals surface area contributed by atoms with Crippen molar-refractivity contribution in [2.75, 3.05) is 45.3 Å². The van der Waals surface area contributed by atoms with Crippen LogP contribution in [-0.2, 0) is 4.74 Å². The van der Waals surface area contributed by atoms with Crippen LogP contribution in [0, 0.1) is 0 Å². The quantitative estimate of drug-likeness (QED) is 0.706. The maximum absolute atomic E-state index is 12.7. The number of ether oxygens (including phenoxy) is 2. The maximum Gasteiger partial charge on any atom is 0.255 e. The van der Waals surface area contributed by atoms with Gasteiger partial charge in [0, 0.05) is 36.8 Å². The van der Waals surface area contributed by atoms with E-state index in [0.29, 0.717) is 29.0 Å². The number of Topliss-reactive ketones (excluding diaryl/α,β-unsaturated/α-hetero) is 1. The fraction of sp³-hybridized carbons (Fsp3) is 0.381. The third kappa shape index (κ3) is 5.37. The molecular formula is C21H25N3O4. The highest BCUT2D eigenvalue weighted by Gasteiger charge is 2.16. The molecule has 0 bridgehead atoms. The number of anilines is 1. The van der Waals surface area contributed by atoms with E-state index in [9.17, 15) is 9.59 Å². The molecule has 3 rings (SSSR count). The SMILES string of the molecule is COc1ccc(C(=O)Nc2cnccc2C(=O)CCCN2CCOCC2)cc1. The monoisotopic (exact) mass is 383 g/mol. The summed E-state index contributed by atoms with van der Waals surface area (Å²) in [4.78, 5) is 31.5. The van der Waals surface area contributed by atoms with Gasteiger partial charge >= 0.3 is 0 Å². The molecule has 0 spiro atoms. The summed E-state index contributed by atoms with van der Waals surface area (Å²) in [6.45, 7) is 4.19. The molecule has 1 saturated heterocycles. The smallest absolute Gasteiger partial charge is 0.255 e. The fourth-order valence-corrected chi connectivity index (χ4v) is 3.10. The number of carbonyl (C=O) groups excluding carboxylic acids is 2. The molecule has 28 heavy (non-hydrogen) atoms. The summed E-state index contributed by atoms with van der Waals surface area (Å²) in [6.07, 6.45) is 4.27. The number of hydrogen-bond acceptors (Lipinski definition) is 6. The van der Waals surface area contributed by atoms with E-state index in [0.717, 1.165) is 39.3 Å². The lowest BCUT2D eigenvalue weighted by Gasteiger charge is -2.26. The summed E-state index contributed by atoms with van der Waals surface area (Å²) in [7, 11) is 1.57. The number of aromatic nitrogens is 1. The molecule has 1 amide bonds. The van der Waals surface area contributed by atoms with Crippen molar-refractivity contribution in [2.24, 2.45) is 0 Å². The van der Waals surface area contributed by atoms with Gasteiger partial charge < -0.3 is 14.8 Å². The largest absolute Gasteiger partial charge is 0.497 e. The van der Waals surface area contributed by atoms with Crippen LogP contribution < -0.4 is 10.1 Å². The van der Waals surface area contributed by atoms with Gasteiger partial charge in [-0.2, -0.15) is 0 Å². The summed E-state index contributed by atoms with van der Waals surface area (Å²) in [5.41, 5.74) is 1.40. The van der Waals surface area contributed by atoms with E-state index < -0.39 is 0 Å². The average Bonchev–Trinajstić information content (AvgIpc) is 2.75. The number of carbonyl (C=O) groups is 2. The minimum Gasteiger partial charge on any atom is -0.497 e. The molecule has 0 aliphatic carbocycles. The van der Waals surface area contributed by atoms with Crippen LogP contribution in [0.2, 0.25) is 0 Å². The zero-order chi connectivity index (χ0) is 19.8. The molecule has 2 heterocycles. The van der Waals surface area contributed by atoms with E-state index in [-0.39, 0.29) is 11.7 Å². The van der Waals surface area contributed by atoms with Crippen molar-refractivity contribution in [3.8, 4) is 5.75 Å². The van der Waals surface area contributed by atoms with Gasteiger partial charge in [0.25, 0.3) is 5.91 Å². The number of hydrogen-bond donors (Lipinski definition) is 1. The number of pyridine rings is 1. The van der Waals surface area contributed by atoms with E-state index in [2.05, 4.69) is 15.2 Å². The topological polar surface area (TPSA) is 80.8 Å². The van der Waals surface area contributed by atoms with Crippen molar-refractivity contribution >= 4 is 17.4 Å².